The van der Waals surface area contributed by atoms with Crippen molar-refractivity contribution in [2.24, 2.45) is 11.8 Å². The molecule has 2 aromatic rings. The lowest BCUT2D eigenvalue weighted by Crippen LogP contribution is -2.57. The van der Waals surface area contributed by atoms with Crippen LogP contribution < -0.4 is 15.5 Å². The molecule has 3 rings (SSSR count). The quantitative estimate of drug-likeness (QED) is 0.596. The Hall–Kier alpha value is -3.10. The number of imidazole rings is 1. The summed E-state index contributed by atoms with van der Waals surface area (Å²) in [6.45, 7) is 8.53. The second kappa shape index (κ2) is 9.36. The Bertz CT molecular complexity index is 972. The van der Waals surface area contributed by atoms with Gasteiger partial charge in [-0.15, -0.1) is 0 Å². The van der Waals surface area contributed by atoms with Gasteiger partial charge in [0.25, 0.3) is 0 Å². The van der Waals surface area contributed by atoms with E-state index < -0.39 is 30.0 Å². The standard InChI is InChI=1S/C22H31N5O4/c1-5-13(3)17(19(28)24-18(20(29)30)14(4)6-2)25-22(31)27-12-11-26-16-10-8-7-9-15(16)23-21(26)27/h7-10,13-14,17-18H,5-6,11-12H2,1-4H3,(H,24,28)(H,25,31)(H,29,30). The molecular formula is C22H31N5O4. The van der Waals surface area contributed by atoms with Gasteiger partial charge in [-0.3, -0.25) is 9.69 Å². The molecule has 3 N–H and O–H groups in total. The molecule has 9 heteroatoms. The summed E-state index contributed by atoms with van der Waals surface area (Å²) in [7, 11) is 0. The zero-order valence-corrected chi connectivity index (χ0v) is 18.5. The van der Waals surface area contributed by atoms with Gasteiger partial charge in [-0.25, -0.2) is 14.6 Å². The number of aliphatic carboxylic acids is 1. The van der Waals surface area contributed by atoms with Crippen molar-refractivity contribution in [3.05, 3.63) is 24.3 Å². The Morgan fingerprint density at radius 3 is 2.32 bits per heavy atom. The van der Waals surface area contributed by atoms with Crippen LogP contribution in [-0.4, -0.2) is 51.2 Å². The van der Waals surface area contributed by atoms with E-state index in [2.05, 4.69) is 15.6 Å². The maximum absolute atomic E-state index is 13.1. The smallest absolute Gasteiger partial charge is 0.326 e. The summed E-state index contributed by atoms with van der Waals surface area (Å²) >= 11 is 0. The lowest BCUT2D eigenvalue weighted by atomic mass is 9.95. The van der Waals surface area contributed by atoms with Gasteiger partial charge in [-0.05, 0) is 24.0 Å². The van der Waals surface area contributed by atoms with Crippen LogP contribution in [0.25, 0.3) is 11.0 Å². The average Bonchev–Trinajstić information content (AvgIpc) is 3.33. The number of carbonyl (C=O) groups is 3. The summed E-state index contributed by atoms with van der Waals surface area (Å²) < 4.78 is 1.98. The lowest BCUT2D eigenvalue weighted by molar-refractivity contribution is -0.143. The predicted octanol–water partition coefficient (Wildman–Crippen LogP) is 2.60. The SMILES string of the molecule is CCC(C)C(NC(=O)C(NC(=O)N1CCn2c1nc1ccccc12)C(C)CC)C(=O)O. The normalized spacial score (nSPS) is 17.0. The molecule has 0 spiro atoms. The van der Waals surface area contributed by atoms with Crippen LogP contribution >= 0.6 is 0 Å². The highest BCUT2D eigenvalue weighted by atomic mass is 16.4. The number of carbonyl (C=O) groups excluding carboxylic acids is 2. The molecule has 0 saturated heterocycles. The van der Waals surface area contributed by atoms with E-state index in [4.69, 9.17) is 0 Å². The third-order valence-electron chi connectivity index (χ3n) is 6.22. The van der Waals surface area contributed by atoms with Crippen molar-refractivity contribution < 1.29 is 19.5 Å². The summed E-state index contributed by atoms with van der Waals surface area (Å²) in [6, 6.07) is 5.43. The van der Waals surface area contributed by atoms with Crippen molar-refractivity contribution in [1.82, 2.24) is 20.2 Å². The van der Waals surface area contributed by atoms with Crippen LogP contribution in [0.1, 0.15) is 40.5 Å². The molecule has 168 valence electrons. The third kappa shape index (κ3) is 4.50. The Morgan fingerprint density at radius 2 is 1.68 bits per heavy atom. The van der Waals surface area contributed by atoms with E-state index in [0.29, 0.717) is 31.9 Å². The average molecular weight is 430 g/mol. The number of aromatic nitrogens is 2. The molecule has 0 radical (unpaired) electrons. The van der Waals surface area contributed by atoms with Gasteiger partial charge >= 0.3 is 12.0 Å². The van der Waals surface area contributed by atoms with Crippen molar-refractivity contribution in [2.75, 3.05) is 11.4 Å². The van der Waals surface area contributed by atoms with E-state index in [9.17, 15) is 19.5 Å². The minimum Gasteiger partial charge on any atom is -0.480 e. The number of benzene rings is 1. The maximum atomic E-state index is 13.1. The lowest BCUT2D eigenvalue weighted by Gasteiger charge is -2.28. The molecule has 9 nitrogen and oxygen atoms in total. The molecule has 4 unspecified atom stereocenters. The van der Waals surface area contributed by atoms with Gasteiger partial charge < -0.3 is 20.3 Å². The van der Waals surface area contributed by atoms with Gasteiger partial charge in [0.05, 0.1) is 11.0 Å². The highest BCUT2D eigenvalue weighted by molar-refractivity contribution is 5.97. The largest absolute Gasteiger partial charge is 0.480 e. The number of nitrogens with one attached hydrogen (secondary N) is 2. The molecule has 2 heterocycles. The van der Waals surface area contributed by atoms with Gasteiger partial charge in [-0.2, -0.15) is 0 Å². The van der Waals surface area contributed by atoms with Gasteiger partial charge in [0.2, 0.25) is 11.9 Å². The number of fused-ring (bicyclic) bond motifs is 3. The Balaban J connectivity index is 1.78. The highest BCUT2D eigenvalue weighted by Gasteiger charge is 2.35. The molecule has 1 aromatic carbocycles. The van der Waals surface area contributed by atoms with Crippen LogP contribution in [0, 0.1) is 11.8 Å². The topological polar surface area (TPSA) is 117 Å². The molecule has 1 aliphatic rings. The molecule has 4 atom stereocenters. The first-order valence-corrected chi connectivity index (χ1v) is 10.8. The Kier molecular flexibility index (Phi) is 6.82. The molecule has 0 aliphatic carbocycles. The first-order chi connectivity index (χ1) is 14.8. The van der Waals surface area contributed by atoms with Crippen molar-refractivity contribution in [3.63, 3.8) is 0 Å². The third-order valence-corrected chi connectivity index (χ3v) is 6.22. The van der Waals surface area contributed by atoms with Crippen LogP contribution in [-0.2, 0) is 16.1 Å². The Labute approximate surface area is 181 Å². The molecule has 0 fully saturated rings. The van der Waals surface area contributed by atoms with Crippen molar-refractivity contribution in [3.8, 4) is 0 Å². The number of urea groups is 1. The van der Waals surface area contributed by atoms with Crippen LogP contribution in [0.15, 0.2) is 24.3 Å². The molecular weight excluding hydrogens is 398 g/mol. The van der Waals surface area contributed by atoms with Crippen LogP contribution in [0.4, 0.5) is 10.7 Å². The molecule has 3 amide bonds. The fourth-order valence-corrected chi connectivity index (χ4v) is 3.82. The van der Waals surface area contributed by atoms with Crippen molar-refractivity contribution >= 4 is 34.9 Å². The second-order valence-electron chi connectivity index (χ2n) is 8.23. The minimum absolute atomic E-state index is 0.170. The zero-order valence-electron chi connectivity index (χ0n) is 18.5. The number of nitrogens with zero attached hydrogens (tertiary/aromatic N) is 3. The molecule has 1 aromatic heterocycles. The van der Waals surface area contributed by atoms with E-state index in [1.54, 1.807) is 6.92 Å². The fraction of sp³-hybridized carbons (Fsp3) is 0.545. The summed E-state index contributed by atoms with van der Waals surface area (Å²) in [5, 5.41) is 15.0. The summed E-state index contributed by atoms with van der Waals surface area (Å²) in [5.41, 5.74) is 1.77. The van der Waals surface area contributed by atoms with Crippen LogP contribution in [0.3, 0.4) is 0 Å². The van der Waals surface area contributed by atoms with E-state index in [1.807, 2.05) is 49.6 Å². The number of para-hydroxylation sites is 2. The number of carboxylic acids is 1. The van der Waals surface area contributed by atoms with Gasteiger partial charge in [0.15, 0.2) is 0 Å². The van der Waals surface area contributed by atoms with Crippen LogP contribution in [0.5, 0.6) is 0 Å². The first-order valence-electron chi connectivity index (χ1n) is 10.8. The predicted molar refractivity (Wildman–Crippen MR) is 118 cm³/mol. The number of carboxylic acid groups (broad SMARTS) is 1. The van der Waals surface area contributed by atoms with E-state index in [0.717, 1.165) is 11.0 Å². The van der Waals surface area contributed by atoms with E-state index in [-0.39, 0.29) is 11.8 Å². The fourth-order valence-electron chi connectivity index (χ4n) is 3.82. The van der Waals surface area contributed by atoms with E-state index in [1.165, 1.54) is 4.90 Å². The number of hydrogen-bond donors (Lipinski definition) is 3. The summed E-state index contributed by atoms with van der Waals surface area (Å²) in [6.07, 6.45) is 1.26. The van der Waals surface area contributed by atoms with Gasteiger partial charge in [0, 0.05) is 13.1 Å². The van der Waals surface area contributed by atoms with Crippen molar-refractivity contribution in [2.45, 2.75) is 59.2 Å². The summed E-state index contributed by atoms with van der Waals surface area (Å²) in [5.74, 6) is -1.41. The van der Waals surface area contributed by atoms with Gasteiger partial charge in [-0.1, -0.05) is 52.7 Å². The monoisotopic (exact) mass is 429 g/mol. The Morgan fingerprint density at radius 1 is 1.03 bits per heavy atom. The molecule has 1 aliphatic heterocycles. The van der Waals surface area contributed by atoms with E-state index >= 15 is 0 Å². The second-order valence-corrected chi connectivity index (χ2v) is 8.23. The highest BCUT2D eigenvalue weighted by Crippen LogP contribution is 2.27. The number of hydrogen-bond acceptors (Lipinski definition) is 4. The first kappa shape index (κ1) is 22.6. The van der Waals surface area contributed by atoms with Gasteiger partial charge in [0.1, 0.15) is 12.1 Å². The maximum Gasteiger partial charge on any atom is 0.326 e. The van der Waals surface area contributed by atoms with Crippen LogP contribution in [0.2, 0.25) is 0 Å². The molecule has 31 heavy (non-hydrogen) atoms. The molecule has 0 bridgehead atoms. The molecule has 0 saturated carbocycles. The van der Waals surface area contributed by atoms with Crippen molar-refractivity contribution in [1.29, 1.82) is 0 Å². The number of anilines is 1. The number of rotatable bonds is 8. The summed E-state index contributed by atoms with van der Waals surface area (Å²) in [4.78, 5) is 43.8. The minimum atomic E-state index is -1.08. The number of amides is 3. The zero-order chi connectivity index (χ0) is 22.7.